The molecule has 1 heterocycles. The summed E-state index contributed by atoms with van der Waals surface area (Å²) in [6, 6.07) is 6.02. The molecule has 2 aromatic rings. The summed E-state index contributed by atoms with van der Waals surface area (Å²) in [7, 11) is 1.55. The van der Waals surface area contributed by atoms with Crippen molar-refractivity contribution in [2.24, 2.45) is 5.84 Å². The van der Waals surface area contributed by atoms with Gasteiger partial charge in [0.05, 0.1) is 19.3 Å². The second-order valence-electron chi connectivity index (χ2n) is 3.89. The van der Waals surface area contributed by atoms with Crippen molar-refractivity contribution in [3.8, 4) is 5.75 Å². The fourth-order valence-electron chi connectivity index (χ4n) is 1.84. The number of nitrogens with two attached hydrogens (primary N) is 1. The first-order chi connectivity index (χ1) is 9.17. The number of aromatic nitrogens is 1. The van der Waals surface area contributed by atoms with Crippen LogP contribution in [0.4, 0.5) is 4.39 Å². The largest absolute Gasteiger partial charge is 0.495 e. The fourth-order valence-corrected chi connectivity index (χ4v) is 2.41. The minimum absolute atomic E-state index is 0.347. The molecule has 1 aromatic heterocycles. The number of hydrogen-bond acceptors (Lipinski definition) is 4. The fraction of sp³-hybridized carbons (Fsp3) is 0.154. The van der Waals surface area contributed by atoms with E-state index in [2.05, 4.69) is 26.3 Å². The van der Waals surface area contributed by atoms with E-state index in [1.807, 2.05) is 0 Å². The Labute approximate surface area is 118 Å². The van der Waals surface area contributed by atoms with E-state index >= 15 is 0 Å². The first-order valence-electron chi connectivity index (χ1n) is 5.56. The SMILES string of the molecule is COc1cncc(C(NN)c2c(F)cccc2Br)c1. The van der Waals surface area contributed by atoms with Crippen LogP contribution in [-0.4, -0.2) is 12.1 Å². The van der Waals surface area contributed by atoms with Crippen molar-refractivity contribution in [3.63, 3.8) is 0 Å². The zero-order valence-electron chi connectivity index (χ0n) is 10.2. The Morgan fingerprint density at radius 2 is 2.21 bits per heavy atom. The van der Waals surface area contributed by atoms with Crippen LogP contribution in [0.15, 0.2) is 41.1 Å². The van der Waals surface area contributed by atoms with E-state index < -0.39 is 6.04 Å². The second kappa shape index (κ2) is 6.10. The summed E-state index contributed by atoms with van der Waals surface area (Å²) < 4.78 is 19.7. The monoisotopic (exact) mass is 325 g/mol. The van der Waals surface area contributed by atoms with E-state index in [0.717, 1.165) is 0 Å². The van der Waals surface area contributed by atoms with E-state index in [0.29, 0.717) is 21.3 Å². The molecule has 1 unspecified atom stereocenters. The number of hydrazine groups is 1. The highest BCUT2D eigenvalue weighted by atomic mass is 79.9. The molecule has 4 nitrogen and oxygen atoms in total. The van der Waals surface area contributed by atoms with Crippen LogP contribution in [-0.2, 0) is 0 Å². The first-order valence-corrected chi connectivity index (χ1v) is 6.35. The number of hydrogen-bond donors (Lipinski definition) is 2. The van der Waals surface area contributed by atoms with Crippen LogP contribution in [0.2, 0.25) is 0 Å². The molecule has 0 saturated heterocycles. The summed E-state index contributed by atoms with van der Waals surface area (Å²) in [6.07, 6.45) is 3.19. The number of halogens is 2. The summed E-state index contributed by atoms with van der Waals surface area (Å²) in [4.78, 5) is 4.05. The zero-order valence-corrected chi connectivity index (χ0v) is 11.8. The van der Waals surface area contributed by atoms with E-state index in [1.54, 1.807) is 37.7 Å². The summed E-state index contributed by atoms with van der Waals surface area (Å²) in [6.45, 7) is 0. The van der Waals surface area contributed by atoms with E-state index in [9.17, 15) is 4.39 Å². The van der Waals surface area contributed by atoms with Crippen LogP contribution in [0.3, 0.4) is 0 Å². The molecule has 0 radical (unpaired) electrons. The number of methoxy groups -OCH3 is 1. The van der Waals surface area contributed by atoms with Gasteiger partial charge >= 0.3 is 0 Å². The van der Waals surface area contributed by atoms with Gasteiger partial charge in [-0.25, -0.2) is 9.82 Å². The molecule has 2 rings (SSSR count). The third-order valence-corrected chi connectivity index (χ3v) is 3.45. The topological polar surface area (TPSA) is 60.2 Å². The van der Waals surface area contributed by atoms with Crippen LogP contribution >= 0.6 is 15.9 Å². The Morgan fingerprint density at radius 1 is 1.42 bits per heavy atom. The van der Waals surface area contributed by atoms with E-state index in [-0.39, 0.29) is 5.82 Å². The molecule has 0 saturated carbocycles. The van der Waals surface area contributed by atoms with E-state index in [4.69, 9.17) is 10.6 Å². The Bertz CT molecular complexity index is 559. The number of rotatable bonds is 4. The quantitative estimate of drug-likeness (QED) is 0.670. The van der Waals surface area contributed by atoms with Gasteiger partial charge in [-0.2, -0.15) is 0 Å². The number of pyridine rings is 1. The molecule has 0 aliphatic carbocycles. The maximum absolute atomic E-state index is 14.0. The smallest absolute Gasteiger partial charge is 0.137 e. The van der Waals surface area contributed by atoms with Gasteiger partial charge in [0.2, 0.25) is 0 Å². The molecule has 0 aliphatic rings. The van der Waals surface area contributed by atoms with Crippen LogP contribution in [0.25, 0.3) is 0 Å². The summed E-state index contributed by atoms with van der Waals surface area (Å²) in [5.41, 5.74) is 3.75. The normalized spacial score (nSPS) is 12.2. The lowest BCUT2D eigenvalue weighted by Crippen LogP contribution is -2.30. The molecule has 0 fully saturated rings. The zero-order chi connectivity index (χ0) is 13.8. The van der Waals surface area contributed by atoms with Crippen molar-refractivity contribution in [2.75, 3.05) is 7.11 Å². The number of nitrogens with zero attached hydrogens (tertiary/aromatic N) is 1. The number of benzene rings is 1. The lowest BCUT2D eigenvalue weighted by molar-refractivity contribution is 0.411. The predicted molar refractivity (Wildman–Crippen MR) is 74.1 cm³/mol. The second-order valence-corrected chi connectivity index (χ2v) is 4.75. The van der Waals surface area contributed by atoms with Crippen molar-refractivity contribution in [3.05, 3.63) is 58.1 Å². The van der Waals surface area contributed by atoms with Gasteiger partial charge in [0.15, 0.2) is 0 Å². The molecular weight excluding hydrogens is 313 g/mol. The standard InChI is InChI=1S/C13H13BrFN3O/c1-19-9-5-8(6-17-7-9)13(18-16)12-10(14)3-2-4-11(12)15/h2-7,13,18H,16H2,1H3. The maximum Gasteiger partial charge on any atom is 0.137 e. The summed E-state index contributed by atoms with van der Waals surface area (Å²) >= 11 is 3.33. The van der Waals surface area contributed by atoms with Crippen molar-refractivity contribution < 1.29 is 9.13 Å². The number of nitrogens with one attached hydrogen (secondary N) is 1. The van der Waals surface area contributed by atoms with Crippen LogP contribution in [0, 0.1) is 5.82 Å². The van der Waals surface area contributed by atoms with Gasteiger partial charge in [-0.3, -0.25) is 10.8 Å². The molecule has 19 heavy (non-hydrogen) atoms. The third-order valence-electron chi connectivity index (χ3n) is 2.76. The minimum Gasteiger partial charge on any atom is -0.495 e. The predicted octanol–water partition coefficient (Wildman–Crippen LogP) is 2.54. The molecule has 100 valence electrons. The highest BCUT2D eigenvalue weighted by Gasteiger charge is 2.20. The lowest BCUT2D eigenvalue weighted by atomic mass is 10.0. The molecule has 1 atom stereocenters. The van der Waals surface area contributed by atoms with Crippen molar-refractivity contribution in [1.82, 2.24) is 10.4 Å². The molecule has 3 N–H and O–H groups in total. The molecule has 6 heteroatoms. The summed E-state index contributed by atoms with van der Waals surface area (Å²) in [5.74, 6) is 5.80. The van der Waals surface area contributed by atoms with Gasteiger partial charge in [-0.15, -0.1) is 0 Å². The molecular formula is C13H13BrFN3O. The molecule has 0 amide bonds. The number of ether oxygens (including phenoxy) is 1. The average molecular weight is 326 g/mol. The lowest BCUT2D eigenvalue weighted by Gasteiger charge is -2.19. The highest BCUT2D eigenvalue weighted by molar-refractivity contribution is 9.10. The molecule has 0 aliphatic heterocycles. The van der Waals surface area contributed by atoms with Gasteiger partial charge in [0, 0.05) is 16.2 Å². The van der Waals surface area contributed by atoms with Crippen molar-refractivity contribution >= 4 is 15.9 Å². The Morgan fingerprint density at radius 3 is 2.84 bits per heavy atom. The van der Waals surface area contributed by atoms with Gasteiger partial charge in [-0.1, -0.05) is 22.0 Å². The van der Waals surface area contributed by atoms with E-state index in [1.165, 1.54) is 6.07 Å². The maximum atomic E-state index is 14.0. The van der Waals surface area contributed by atoms with Crippen LogP contribution < -0.4 is 16.0 Å². The Balaban J connectivity index is 2.50. The Kier molecular flexibility index (Phi) is 4.47. The summed E-state index contributed by atoms with van der Waals surface area (Å²) in [5, 5.41) is 0. The van der Waals surface area contributed by atoms with Crippen LogP contribution in [0.1, 0.15) is 17.2 Å². The van der Waals surface area contributed by atoms with Gasteiger partial charge in [0.1, 0.15) is 11.6 Å². The van der Waals surface area contributed by atoms with Crippen molar-refractivity contribution in [1.29, 1.82) is 0 Å². The van der Waals surface area contributed by atoms with Gasteiger partial charge in [0.25, 0.3) is 0 Å². The molecule has 0 bridgehead atoms. The molecule has 1 aromatic carbocycles. The van der Waals surface area contributed by atoms with Crippen molar-refractivity contribution in [2.45, 2.75) is 6.04 Å². The third kappa shape index (κ3) is 2.91. The van der Waals surface area contributed by atoms with Gasteiger partial charge in [-0.05, 0) is 23.8 Å². The highest BCUT2D eigenvalue weighted by Crippen LogP contribution is 2.31. The Hall–Kier alpha value is -1.50. The minimum atomic E-state index is -0.516. The van der Waals surface area contributed by atoms with Crippen LogP contribution in [0.5, 0.6) is 5.75 Å². The molecule has 0 spiro atoms. The first kappa shape index (κ1) is 13.9. The van der Waals surface area contributed by atoms with Gasteiger partial charge < -0.3 is 4.74 Å². The average Bonchev–Trinajstić information content (AvgIpc) is 2.43.